The van der Waals surface area contributed by atoms with Gasteiger partial charge in [-0.3, -0.25) is 0 Å². The maximum atomic E-state index is 5.38. The highest BCUT2D eigenvalue weighted by Gasteiger charge is 2.05. The van der Waals surface area contributed by atoms with Crippen LogP contribution < -0.4 is 9.47 Å². The normalized spacial score (nSPS) is 10.3. The van der Waals surface area contributed by atoms with E-state index in [4.69, 9.17) is 9.47 Å². The molecule has 17 heavy (non-hydrogen) atoms. The number of hydrogen-bond donors (Lipinski definition) is 0. The third-order valence-corrected chi connectivity index (χ3v) is 2.52. The summed E-state index contributed by atoms with van der Waals surface area (Å²) in [6, 6.07) is 5.89. The number of ether oxygens (including phenoxy) is 2. The van der Waals surface area contributed by atoms with E-state index in [1.165, 1.54) is 0 Å². The van der Waals surface area contributed by atoms with E-state index in [2.05, 4.69) is 5.10 Å². The first kappa shape index (κ1) is 11.5. The van der Waals surface area contributed by atoms with Crippen molar-refractivity contribution in [1.82, 2.24) is 9.78 Å². The molecule has 4 nitrogen and oxygen atoms in total. The summed E-state index contributed by atoms with van der Waals surface area (Å²) >= 11 is 0. The van der Waals surface area contributed by atoms with Crippen LogP contribution in [-0.4, -0.2) is 23.5 Å². The van der Waals surface area contributed by atoms with Gasteiger partial charge in [-0.15, -0.1) is 0 Å². The standard InChI is InChI=1S/C13H16N2O2/c1-4-17-12-8-14-15(9-12)13-6-5-11(16-3)7-10(13)2/h5-9H,4H2,1-3H3. The fourth-order valence-electron chi connectivity index (χ4n) is 1.69. The minimum absolute atomic E-state index is 0.646. The van der Waals surface area contributed by atoms with Gasteiger partial charge in [0.05, 0.1) is 31.8 Å². The van der Waals surface area contributed by atoms with E-state index in [-0.39, 0.29) is 0 Å². The van der Waals surface area contributed by atoms with E-state index in [1.54, 1.807) is 18.0 Å². The van der Waals surface area contributed by atoms with Crippen molar-refractivity contribution >= 4 is 0 Å². The van der Waals surface area contributed by atoms with Gasteiger partial charge in [0.2, 0.25) is 0 Å². The Bertz CT molecular complexity index is 506. The number of hydrogen-bond acceptors (Lipinski definition) is 3. The zero-order chi connectivity index (χ0) is 12.3. The summed E-state index contributed by atoms with van der Waals surface area (Å²) in [5.74, 6) is 1.63. The van der Waals surface area contributed by atoms with E-state index in [0.29, 0.717) is 6.61 Å². The van der Waals surface area contributed by atoms with Gasteiger partial charge in [0.15, 0.2) is 5.75 Å². The van der Waals surface area contributed by atoms with Crippen molar-refractivity contribution < 1.29 is 9.47 Å². The molecule has 1 heterocycles. The zero-order valence-electron chi connectivity index (χ0n) is 10.3. The molecule has 2 aromatic rings. The molecule has 0 N–H and O–H groups in total. The van der Waals surface area contributed by atoms with E-state index in [9.17, 15) is 0 Å². The lowest BCUT2D eigenvalue weighted by atomic mass is 10.2. The molecule has 0 radical (unpaired) electrons. The van der Waals surface area contributed by atoms with Crippen LogP contribution in [-0.2, 0) is 0 Å². The smallest absolute Gasteiger partial charge is 0.157 e. The van der Waals surface area contributed by atoms with Crippen LogP contribution in [0.2, 0.25) is 0 Å². The minimum Gasteiger partial charge on any atom is -0.497 e. The molecule has 0 aliphatic heterocycles. The fraction of sp³-hybridized carbons (Fsp3) is 0.308. The van der Waals surface area contributed by atoms with Crippen LogP contribution in [0.1, 0.15) is 12.5 Å². The largest absolute Gasteiger partial charge is 0.497 e. The molecule has 4 heteroatoms. The van der Waals surface area contributed by atoms with Crippen LogP contribution in [0.5, 0.6) is 11.5 Å². The first-order valence-electron chi connectivity index (χ1n) is 5.57. The monoisotopic (exact) mass is 232 g/mol. The molecule has 0 aliphatic rings. The third kappa shape index (κ3) is 2.41. The quantitative estimate of drug-likeness (QED) is 0.813. The van der Waals surface area contributed by atoms with Crippen LogP contribution in [0.25, 0.3) is 5.69 Å². The lowest BCUT2D eigenvalue weighted by Crippen LogP contribution is -1.97. The molecule has 0 amide bonds. The number of benzene rings is 1. The second-order valence-corrected chi connectivity index (χ2v) is 3.71. The summed E-state index contributed by atoms with van der Waals surface area (Å²) in [5.41, 5.74) is 2.13. The van der Waals surface area contributed by atoms with Gasteiger partial charge in [-0.25, -0.2) is 4.68 Å². The van der Waals surface area contributed by atoms with Crippen molar-refractivity contribution in [3.8, 4) is 17.2 Å². The Morgan fingerprint density at radius 1 is 1.29 bits per heavy atom. The third-order valence-electron chi connectivity index (χ3n) is 2.52. The molecular weight excluding hydrogens is 216 g/mol. The fourth-order valence-corrected chi connectivity index (χ4v) is 1.69. The molecule has 0 bridgehead atoms. The highest BCUT2D eigenvalue weighted by molar-refractivity contribution is 5.45. The van der Waals surface area contributed by atoms with Gasteiger partial charge in [0.1, 0.15) is 5.75 Å². The van der Waals surface area contributed by atoms with Gasteiger partial charge in [-0.05, 0) is 37.6 Å². The number of methoxy groups -OCH3 is 1. The molecule has 0 unspecified atom stereocenters. The predicted molar refractivity (Wildman–Crippen MR) is 66.0 cm³/mol. The number of aromatic nitrogens is 2. The second-order valence-electron chi connectivity index (χ2n) is 3.71. The Kier molecular flexibility index (Phi) is 3.32. The van der Waals surface area contributed by atoms with Gasteiger partial charge in [0, 0.05) is 0 Å². The lowest BCUT2D eigenvalue weighted by molar-refractivity contribution is 0.340. The molecule has 0 atom stereocenters. The van der Waals surface area contributed by atoms with Gasteiger partial charge in [-0.1, -0.05) is 0 Å². The molecule has 0 aliphatic carbocycles. The summed E-state index contributed by atoms with van der Waals surface area (Å²) in [5, 5.41) is 4.27. The molecule has 2 rings (SSSR count). The molecule has 1 aromatic carbocycles. The van der Waals surface area contributed by atoms with Crippen LogP contribution in [0.15, 0.2) is 30.6 Å². The van der Waals surface area contributed by atoms with Gasteiger partial charge >= 0.3 is 0 Å². The lowest BCUT2D eigenvalue weighted by Gasteiger charge is -2.07. The van der Waals surface area contributed by atoms with E-state index in [1.807, 2.05) is 38.2 Å². The number of aryl methyl sites for hydroxylation is 1. The van der Waals surface area contributed by atoms with Crippen molar-refractivity contribution in [2.45, 2.75) is 13.8 Å². The maximum absolute atomic E-state index is 5.38. The molecule has 0 fully saturated rings. The Hall–Kier alpha value is -1.97. The Labute approximate surface area is 101 Å². The van der Waals surface area contributed by atoms with Crippen LogP contribution in [0, 0.1) is 6.92 Å². The zero-order valence-corrected chi connectivity index (χ0v) is 10.3. The average Bonchev–Trinajstić information content (AvgIpc) is 2.78. The minimum atomic E-state index is 0.646. The summed E-state index contributed by atoms with van der Waals surface area (Å²) in [6.45, 7) is 4.63. The van der Waals surface area contributed by atoms with Crippen molar-refractivity contribution in [3.05, 3.63) is 36.2 Å². The molecular formula is C13H16N2O2. The van der Waals surface area contributed by atoms with Crippen molar-refractivity contribution in [1.29, 1.82) is 0 Å². The first-order valence-corrected chi connectivity index (χ1v) is 5.57. The average molecular weight is 232 g/mol. The Morgan fingerprint density at radius 3 is 2.76 bits per heavy atom. The Morgan fingerprint density at radius 2 is 2.12 bits per heavy atom. The van der Waals surface area contributed by atoms with E-state index >= 15 is 0 Å². The van der Waals surface area contributed by atoms with Crippen LogP contribution in [0.3, 0.4) is 0 Å². The highest BCUT2D eigenvalue weighted by Crippen LogP contribution is 2.21. The molecule has 0 spiro atoms. The SMILES string of the molecule is CCOc1cnn(-c2ccc(OC)cc2C)c1. The van der Waals surface area contributed by atoms with Gasteiger partial charge in [-0.2, -0.15) is 5.10 Å². The van der Waals surface area contributed by atoms with Crippen molar-refractivity contribution in [2.24, 2.45) is 0 Å². The van der Waals surface area contributed by atoms with Crippen molar-refractivity contribution in [2.75, 3.05) is 13.7 Å². The predicted octanol–water partition coefficient (Wildman–Crippen LogP) is 2.59. The molecule has 0 saturated heterocycles. The Balaban J connectivity index is 2.32. The van der Waals surface area contributed by atoms with Gasteiger partial charge < -0.3 is 9.47 Å². The van der Waals surface area contributed by atoms with Crippen LogP contribution in [0.4, 0.5) is 0 Å². The summed E-state index contributed by atoms with van der Waals surface area (Å²) in [6.07, 6.45) is 3.59. The number of rotatable bonds is 4. The first-order chi connectivity index (χ1) is 8.24. The summed E-state index contributed by atoms with van der Waals surface area (Å²) in [4.78, 5) is 0. The van der Waals surface area contributed by atoms with E-state index < -0.39 is 0 Å². The van der Waals surface area contributed by atoms with E-state index in [0.717, 1.165) is 22.7 Å². The molecule has 1 aromatic heterocycles. The number of nitrogens with zero attached hydrogens (tertiary/aromatic N) is 2. The molecule has 0 saturated carbocycles. The summed E-state index contributed by atoms with van der Waals surface area (Å²) < 4.78 is 12.4. The van der Waals surface area contributed by atoms with Crippen molar-refractivity contribution in [3.63, 3.8) is 0 Å². The topological polar surface area (TPSA) is 36.3 Å². The maximum Gasteiger partial charge on any atom is 0.157 e. The molecule has 90 valence electrons. The van der Waals surface area contributed by atoms with Gasteiger partial charge in [0.25, 0.3) is 0 Å². The second kappa shape index (κ2) is 4.91. The summed E-state index contributed by atoms with van der Waals surface area (Å²) in [7, 11) is 1.66. The van der Waals surface area contributed by atoms with Crippen LogP contribution >= 0.6 is 0 Å². The highest BCUT2D eigenvalue weighted by atomic mass is 16.5.